The van der Waals surface area contributed by atoms with Gasteiger partial charge in [0.05, 0.1) is 6.10 Å². The SMILES string of the molecule is CSC1CCC(NC2CC(OCC(C)C)C2(C)C)CC1. The molecule has 20 heavy (non-hydrogen) atoms. The lowest BCUT2D eigenvalue weighted by Crippen LogP contribution is -2.63. The Bertz CT molecular complexity index is 297. The first-order chi connectivity index (χ1) is 9.43. The number of hydrogen-bond acceptors (Lipinski definition) is 3. The van der Waals surface area contributed by atoms with E-state index in [0.717, 1.165) is 17.9 Å². The molecule has 0 bridgehead atoms. The predicted molar refractivity (Wildman–Crippen MR) is 89.5 cm³/mol. The molecule has 1 N–H and O–H groups in total. The monoisotopic (exact) mass is 299 g/mol. The van der Waals surface area contributed by atoms with E-state index in [1.807, 2.05) is 11.8 Å². The van der Waals surface area contributed by atoms with Crippen molar-refractivity contribution in [3.63, 3.8) is 0 Å². The molecule has 2 aliphatic carbocycles. The minimum atomic E-state index is 0.297. The molecular formula is C17H33NOS. The highest BCUT2D eigenvalue weighted by molar-refractivity contribution is 7.99. The second-order valence-electron chi connectivity index (χ2n) is 7.70. The van der Waals surface area contributed by atoms with Crippen molar-refractivity contribution in [2.45, 2.75) is 83.2 Å². The average molecular weight is 300 g/mol. The van der Waals surface area contributed by atoms with Gasteiger partial charge in [-0.15, -0.1) is 0 Å². The molecule has 2 unspecified atom stereocenters. The third-order valence-electron chi connectivity index (χ3n) is 5.25. The molecular weight excluding hydrogens is 266 g/mol. The van der Waals surface area contributed by atoms with Crippen molar-refractivity contribution in [2.24, 2.45) is 11.3 Å². The maximum absolute atomic E-state index is 6.07. The van der Waals surface area contributed by atoms with E-state index in [-0.39, 0.29) is 0 Å². The van der Waals surface area contributed by atoms with Crippen LogP contribution in [0.5, 0.6) is 0 Å². The van der Waals surface area contributed by atoms with Crippen molar-refractivity contribution in [2.75, 3.05) is 12.9 Å². The highest BCUT2D eigenvalue weighted by Crippen LogP contribution is 2.43. The van der Waals surface area contributed by atoms with Crippen LogP contribution in [0.25, 0.3) is 0 Å². The third kappa shape index (κ3) is 3.92. The zero-order chi connectivity index (χ0) is 14.8. The van der Waals surface area contributed by atoms with Crippen molar-refractivity contribution in [3.05, 3.63) is 0 Å². The van der Waals surface area contributed by atoms with Gasteiger partial charge in [0.25, 0.3) is 0 Å². The first kappa shape index (κ1) is 16.6. The summed E-state index contributed by atoms with van der Waals surface area (Å²) in [4.78, 5) is 0. The standard InChI is InChI=1S/C17H33NOS/c1-12(2)11-19-16-10-15(17(16,3)4)18-13-6-8-14(20-5)9-7-13/h12-16,18H,6-11H2,1-5H3. The summed E-state index contributed by atoms with van der Waals surface area (Å²) in [6, 6.07) is 1.39. The van der Waals surface area contributed by atoms with Crippen LogP contribution < -0.4 is 5.32 Å². The number of nitrogens with one attached hydrogen (secondary N) is 1. The second kappa shape index (κ2) is 7.02. The van der Waals surface area contributed by atoms with Crippen molar-refractivity contribution in [3.8, 4) is 0 Å². The molecule has 2 aliphatic rings. The van der Waals surface area contributed by atoms with Gasteiger partial charge < -0.3 is 10.1 Å². The van der Waals surface area contributed by atoms with Gasteiger partial charge in [-0.05, 0) is 44.3 Å². The van der Waals surface area contributed by atoms with Crippen LogP contribution in [0.3, 0.4) is 0 Å². The molecule has 0 aliphatic heterocycles. The molecule has 2 atom stereocenters. The third-order valence-corrected chi connectivity index (χ3v) is 6.39. The molecule has 2 nitrogen and oxygen atoms in total. The van der Waals surface area contributed by atoms with E-state index in [0.29, 0.717) is 23.5 Å². The van der Waals surface area contributed by atoms with Crippen LogP contribution in [0.1, 0.15) is 59.8 Å². The summed E-state index contributed by atoms with van der Waals surface area (Å²) < 4.78 is 6.07. The molecule has 0 saturated heterocycles. The van der Waals surface area contributed by atoms with Crippen molar-refractivity contribution < 1.29 is 4.74 Å². The van der Waals surface area contributed by atoms with E-state index >= 15 is 0 Å². The molecule has 0 aromatic rings. The van der Waals surface area contributed by atoms with Crippen LogP contribution in [-0.2, 0) is 4.74 Å². The van der Waals surface area contributed by atoms with Gasteiger partial charge >= 0.3 is 0 Å². The Morgan fingerprint density at radius 2 is 1.85 bits per heavy atom. The fourth-order valence-corrected chi connectivity index (χ4v) is 4.25. The van der Waals surface area contributed by atoms with E-state index in [4.69, 9.17) is 4.74 Å². The van der Waals surface area contributed by atoms with Gasteiger partial charge in [0.1, 0.15) is 0 Å². The lowest BCUT2D eigenvalue weighted by atomic mass is 9.64. The Kier molecular flexibility index (Phi) is 5.84. The Morgan fingerprint density at radius 3 is 2.35 bits per heavy atom. The zero-order valence-electron chi connectivity index (χ0n) is 13.9. The smallest absolute Gasteiger partial charge is 0.0656 e. The van der Waals surface area contributed by atoms with Crippen molar-refractivity contribution in [1.29, 1.82) is 0 Å². The fourth-order valence-electron chi connectivity index (χ4n) is 3.51. The highest BCUT2D eigenvalue weighted by atomic mass is 32.2. The van der Waals surface area contributed by atoms with Gasteiger partial charge in [-0.1, -0.05) is 27.7 Å². The molecule has 0 spiro atoms. The van der Waals surface area contributed by atoms with Crippen LogP contribution in [0.4, 0.5) is 0 Å². The first-order valence-electron chi connectivity index (χ1n) is 8.34. The van der Waals surface area contributed by atoms with E-state index < -0.39 is 0 Å². The summed E-state index contributed by atoms with van der Waals surface area (Å²) in [7, 11) is 0. The Labute approximate surface area is 129 Å². The summed E-state index contributed by atoms with van der Waals surface area (Å²) in [6.45, 7) is 10.1. The maximum Gasteiger partial charge on any atom is 0.0656 e. The Hall–Kier alpha value is 0.270. The molecule has 0 aromatic carbocycles. The molecule has 0 heterocycles. The molecule has 0 aromatic heterocycles. The van der Waals surface area contributed by atoms with Gasteiger partial charge in [-0.25, -0.2) is 0 Å². The Morgan fingerprint density at radius 1 is 1.20 bits per heavy atom. The van der Waals surface area contributed by atoms with Crippen molar-refractivity contribution in [1.82, 2.24) is 5.32 Å². The van der Waals surface area contributed by atoms with Crippen LogP contribution in [0.2, 0.25) is 0 Å². The van der Waals surface area contributed by atoms with Gasteiger partial charge in [-0.3, -0.25) is 0 Å². The molecule has 118 valence electrons. The lowest BCUT2D eigenvalue weighted by molar-refractivity contribution is -0.126. The minimum absolute atomic E-state index is 0.297. The van der Waals surface area contributed by atoms with Gasteiger partial charge in [0.2, 0.25) is 0 Å². The maximum atomic E-state index is 6.07. The normalized spacial score (nSPS) is 36.9. The molecule has 2 fully saturated rings. The number of thioether (sulfide) groups is 1. The summed E-state index contributed by atoms with van der Waals surface area (Å²) in [5, 5.41) is 4.83. The lowest BCUT2D eigenvalue weighted by Gasteiger charge is -2.53. The second-order valence-corrected chi connectivity index (χ2v) is 8.84. The van der Waals surface area contributed by atoms with Gasteiger partial charge in [0, 0.05) is 29.4 Å². The van der Waals surface area contributed by atoms with Crippen molar-refractivity contribution >= 4 is 11.8 Å². The van der Waals surface area contributed by atoms with Crippen LogP contribution in [0.15, 0.2) is 0 Å². The van der Waals surface area contributed by atoms with E-state index in [9.17, 15) is 0 Å². The van der Waals surface area contributed by atoms with E-state index in [1.165, 1.54) is 32.1 Å². The highest BCUT2D eigenvalue weighted by Gasteiger charge is 2.49. The summed E-state index contributed by atoms with van der Waals surface area (Å²) >= 11 is 2.05. The summed E-state index contributed by atoms with van der Waals surface area (Å²) in [6.07, 6.45) is 9.39. The Balaban J connectivity index is 1.73. The first-order valence-corrected chi connectivity index (χ1v) is 9.62. The molecule has 0 radical (unpaired) electrons. The molecule has 3 heteroatoms. The van der Waals surface area contributed by atoms with Crippen LogP contribution in [-0.4, -0.2) is 36.3 Å². The summed E-state index contributed by atoms with van der Waals surface area (Å²) in [5.41, 5.74) is 0.297. The van der Waals surface area contributed by atoms with Crippen LogP contribution >= 0.6 is 11.8 Å². The quantitative estimate of drug-likeness (QED) is 0.798. The topological polar surface area (TPSA) is 21.3 Å². The predicted octanol–water partition coefficient (Wildman–Crippen LogP) is 4.09. The number of hydrogen-bond donors (Lipinski definition) is 1. The minimum Gasteiger partial charge on any atom is -0.377 e. The molecule has 0 amide bonds. The van der Waals surface area contributed by atoms with E-state index in [1.54, 1.807) is 0 Å². The largest absolute Gasteiger partial charge is 0.377 e. The average Bonchev–Trinajstić information content (AvgIpc) is 2.42. The van der Waals surface area contributed by atoms with Crippen LogP contribution in [0, 0.1) is 11.3 Å². The number of ether oxygens (including phenoxy) is 1. The molecule has 2 saturated carbocycles. The van der Waals surface area contributed by atoms with E-state index in [2.05, 4.69) is 39.3 Å². The van der Waals surface area contributed by atoms with Gasteiger partial charge in [-0.2, -0.15) is 11.8 Å². The zero-order valence-corrected chi connectivity index (χ0v) is 14.8. The molecule has 2 rings (SSSR count). The summed E-state index contributed by atoms with van der Waals surface area (Å²) in [5.74, 6) is 0.639. The van der Waals surface area contributed by atoms with Gasteiger partial charge in [0.15, 0.2) is 0 Å². The number of rotatable bonds is 6. The fraction of sp³-hybridized carbons (Fsp3) is 1.00.